The van der Waals surface area contributed by atoms with Crippen LogP contribution in [0.25, 0.3) is 0 Å². The lowest BCUT2D eigenvalue weighted by Gasteiger charge is -2.60. The number of amides is 1. The molecule has 0 bridgehead atoms. The van der Waals surface area contributed by atoms with Crippen LogP contribution in [-0.2, 0) is 4.79 Å². The summed E-state index contributed by atoms with van der Waals surface area (Å²) in [5, 5.41) is 0. The average molecular weight is 358 g/mol. The van der Waals surface area contributed by atoms with Crippen molar-refractivity contribution in [2.45, 2.75) is 85.5 Å². The van der Waals surface area contributed by atoms with E-state index in [0.29, 0.717) is 17.2 Å². The van der Waals surface area contributed by atoms with Gasteiger partial charge in [0.05, 0.1) is 0 Å². The molecule has 26 heavy (non-hydrogen) atoms. The smallest absolute Gasteiger partial charge is 0.226 e. The standard InChI is InChI=1S/C24H39NO/c1-6-7-8-17-9-10-18-22-16(2)15-20-24(4,14-12-21(26)25(20)5)19(22)11-13-23(17,18)3/h15-19,22H,6-14H2,1-5H3/t16?,17?,18-,19+,22-,23+,24+/m0/s1. The minimum atomic E-state index is 0.225. The predicted molar refractivity (Wildman–Crippen MR) is 107 cm³/mol. The Balaban J connectivity index is 1.67. The third-order valence-electron chi connectivity index (χ3n) is 9.46. The van der Waals surface area contributed by atoms with Crippen LogP contribution in [0.3, 0.4) is 0 Å². The van der Waals surface area contributed by atoms with Gasteiger partial charge in [0.2, 0.25) is 5.91 Å². The molecule has 2 unspecified atom stereocenters. The molecule has 146 valence electrons. The Labute approximate surface area is 160 Å². The summed E-state index contributed by atoms with van der Waals surface area (Å²) >= 11 is 0. The summed E-state index contributed by atoms with van der Waals surface area (Å²) < 4.78 is 0. The molecule has 2 nitrogen and oxygen atoms in total. The summed E-state index contributed by atoms with van der Waals surface area (Å²) in [6.07, 6.45) is 14.2. The summed E-state index contributed by atoms with van der Waals surface area (Å²) in [5.74, 6) is 4.39. The molecule has 7 atom stereocenters. The first-order chi connectivity index (χ1) is 12.3. The Morgan fingerprint density at radius 2 is 1.92 bits per heavy atom. The van der Waals surface area contributed by atoms with Gasteiger partial charge < -0.3 is 4.90 Å². The van der Waals surface area contributed by atoms with Gasteiger partial charge in [-0.05, 0) is 73.5 Å². The number of rotatable bonds is 3. The van der Waals surface area contributed by atoms with Crippen molar-refractivity contribution in [1.82, 2.24) is 4.90 Å². The number of likely N-dealkylation sites (tertiary alicyclic amines) is 1. The Morgan fingerprint density at radius 1 is 1.15 bits per heavy atom. The van der Waals surface area contributed by atoms with Gasteiger partial charge in [0.15, 0.2) is 0 Å². The van der Waals surface area contributed by atoms with Crippen molar-refractivity contribution >= 4 is 5.91 Å². The van der Waals surface area contributed by atoms with E-state index in [0.717, 1.165) is 36.5 Å². The highest BCUT2D eigenvalue weighted by atomic mass is 16.2. The van der Waals surface area contributed by atoms with Gasteiger partial charge in [-0.3, -0.25) is 4.79 Å². The number of hydrogen-bond acceptors (Lipinski definition) is 1. The highest BCUT2D eigenvalue weighted by Crippen LogP contribution is 2.67. The minimum absolute atomic E-state index is 0.225. The number of carbonyl (C=O) groups excluding carboxylic acids is 1. The second-order valence-corrected chi connectivity index (χ2v) is 10.5. The summed E-state index contributed by atoms with van der Waals surface area (Å²) in [5.41, 5.74) is 2.15. The van der Waals surface area contributed by atoms with E-state index < -0.39 is 0 Å². The van der Waals surface area contributed by atoms with Gasteiger partial charge >= 0.3 is 0 Å². The van der Waals surface area contributed by atoms with Crippen LogP contribution >= 0.6 is 0 Å². The fraction of sp³-hybridized carbons (Fsp3) is 0.875. The third kappa shape index (κ3) is 2.46. The van der Waals surface area contributed by atoms with E-state index in [9.17, 15) is 4.79 Å². The second kappa shape index (κ2) is 6.38. The highest BCUT2D eigenvalue weighted by Gasteiger charge is 2.60. The zero-order chi connectivity index (χ0) is 18.7. The SMILES string of the molecule is CCCCC1CC[C@H]2[C@@H]3C(C)C=C4N(C)C(=O)CC[C@]4(C)[C@@H]3CC[C@]12C. The Bertz CT molecular complexity index is 609. The molecule has 2 heteroatoms. The molecule has 1 aliphatic heterocycles. The molecular formula is C24H39NO. The van der Waals surface area contributed by atoms with Gasteiger partial charge in [-0.2, -0.15) is 0 Å². The molecule has 0 aromatic rings. The van der Waals surface area contributed by atoms with Gasteiger partial charge in [-0.15, -0.1) is 0 Å². The van der Waals surface area contributed by atoms with Crippen molar-refractivity contribution in [1.29, 1.82) is 0 Å². The summed E-state index contributed by atoms with van der Waals surface area (Å²) in [7, 11) is 2.02. The molecule has 2 saturated carbocycles. The normalized spacial score (nSPS) is 47.9. The predicted octanol–water partition coefficient (Wildman–Crippen LogP) is 6.03. The van der Waals surface area contributed by atoms with E-state index in [1.807, 2.05) is 11.9 Å². The van der Waals surface area contributed by atoms with E-state index in [1.165, 1.54) is 50.6 Å². The van der Waals surface area contributed by atoms with E-state index in [-0.39, 0.29) is 5.41 Å². The summed E-state index contributed by atoms with van der Waals surface area (Å²) in [4.78, 5) is 14.3. The fourth-order valence-electron chi connectivity index (χ4n) is 7.92. The topological polar surface area (TPSA) is 20.3 Å². The number of piperidine rings is 1. The first-order valence-electron chi connectivity index (χ1n) is 11.3. The molecular weight excluding hydrogens is 318 g/mol. The number of fused-ring (bicyclic) bond motifs is 5. The minimum Gasteiger partial charge on any atom is -0.319 e. The van der Waals surface area contributed by atoms with Crippen LogP contribution in [0.5, 0.6) is 0 Å². The lowest BCUT2D eigenvalue weighted by Crippen LogP contribution is -2.55. The van der Waals surface area contributed by atoms with E-state index in [1.54, 1.807) is 0 Å². The maximum atomic E-state index is 12.3. The monoisotopic (exact) mass is 357 g/mol. The molecule has 0 aromatic heterocycles. The first kappa shape index (κ1) is 18.6. The van der Waals surface area contributed by atoms with Crippen molar-refractivity contribution in [2.75, 3.05) is 7.05 Å². The van der Waals surface area contributed by atoms with E-state index >= 15 is 0 Å². The van der Waals surface area contributed by atoms with Crippen LogP contribution in [0.2, 0.25) is 0 Å². The van der Waals surface area contributed by atoms with E-state index in [2.05, 4.69) is 33.8 Å². The van der Waals surface area contributed by atoms with Gasteiger partial charge in [-0.1, -0.05) is 46.6 Å². The largest absolute Gasteiger partial charge is 0.319 e. The van der Waals surface area contributed by atoms with Crippen LogP contribution in [0.4, 0.5) is 0 Å². The van der Waals surface area contributed by atoms with Crippen LogP contribution in [0.15, 0.2) is 11.8 Å². The maximum absolute atomic E-state index is 12.3. The van der Waals surface area contributed by atoms with Gasteiger partial charge in [0.25, 0.3) is 0 Å². The summed E-state index contributed by atoms with van der Waals surface area (Å²) in [6, 6.07) is 0. The molecule has 0 radical (unpaired) electrons. The zero-order valence-electron chi connectivity index (χ0n) is 17.7. The van der Waals surface area contributed by atoms with Crippen molar-refractivity contribution in [3.63, 3.8) is 0 Å². The number of carbonyl (C=O) groups is 1. The van der Waals surface area contributed by atoms with Crippen LogP contribution in [-0.4, -0.2) is 17.9 Å². The number of allylic oxidation sites excluding steroid dienone is 2. The Hall–Kier alpha value is -0.790. The van der Waals surface area contributed by atoms with Crippen LogP contribution in [0.1, 0.15) is 85.5 Å². The number of hydrogen-bond donors (Lipinski definition) is 0. The molecule has 4 rings (SSSR count). The third-order valence-corrected chi connectivity index (χ3v) is 9.46. The quantitative estimate of drug-likeness (QED) is 0.604. The Morgan fingerprint density at radius 3 is 2.65 bits per heavy atom. The molecule has 3 fully saturated rings. The average Bonchev–Trinajstić information content (AvgIpc) is 2.95. The highest BCUT2D eigenvalue weighted by molar-refractivity contribution is 5.79. The molecule has 1 amide bonds. The van der Waals surface area contributed by atoms with Crippen LogP contribution < -0.4 is 0 Å². The summed E-state index contributed by atoms with van der Waals surface area (Å²) in [6.45, 7) is 9.91. The molecule has 3 aliphatic carbocycles. The number of unbranched alkanes of at least 4 members (excludes halogenated alkanes) is 1. The second-order valence-electron chi connectivity index (χ2n) is 10.5. The molecule has 1 saturated heterocycles. The Kier molecular flexibility index (Phi) is 4.56. The maximum Gasteiger partial charge on any atom is 0.226 e. The van der Waals surface area contributed by atoms with Gasteiger partial charge in [0.1, 0.15) is 0 Å². The van der Waals surface area contributed by atoms with Crippen molar-refractivity contribution in [3.05, 3.63) is 11.8 Å². The van der Waals surface area contributed by atoms with Gasteiger partial charge in [0, 0.05) is 24.6 Å². The van der Waals surface area contributed by atoms with Gasteiger partial charge in [-0.25, -0.2) is 0 Å². The number of nitrogens with zero attached hydrogens (tertiary/aromatic N) is 1. The first-order valence-corrected chi connectivity index (χ1v) is 11.3. The molecule has 0 spiro atoms. The fourth-order valence-corrected chi connectivity index (χ4v) is 7.92. The van der Waals surface area contributed by atoms with Crippen molar-refractivity contribution < 1.29 is 4.79 Å². The van der Waals surface area contributed by atoms with Crippen LogP contribution in [0, 0.1) is 40.4 Å². The van der Waals surface area contributed by atoms with E-state index in [4.69, 9.17) is 0 Å². The molecule has 0 aromatic carbocycles. The molecule has 0 N–H and O–H groups in total. The lowest BCUT2D eigenvalue weighted by atomic mass is 9.47. The molecule has 1 heterocycles. The zero-order valence-corrected chi connectivity index (χ0v) is 17.7. The molecule has 4 aliphatic rings. The van der Waals surface area contributed by atoms with Crippen molar-refractivity contribution in [3.8, 4) is 0 Å². The lowest BCUT2D eigenvalue weighted by molar-refractivity contribution is -0.137. The van der Waals surface area contributed by atoms with Crippen molar-refractivity contribution in [2.24, 2.45) is 40.4 Å².